The number of piperazine rings is 1. The van der Waals surface area contributed by atoms with Gasteiger partial charge in [-0.2, -0.15) is 0 Å². The van der Waals surface area contributed by atoms with Crippen molar-refractivity contribution in [3.63, 3.8) is 0 Å². The van der Waals surface area contributed by atoms with Crippen LogP contribution in [0.3, 0.4) is 0 Å². The second-order valence-electron chi connectivity index (χ2n) is 8.77. The Morgan fingerprint density at radius 3 is 2.17 bits per heavy atom. The minimum atomic E-state index is 0.0351. The molecule has 1 heterocycles. The van der Waals surface area contributed by atoms with Crippen molar-refractivity contribution in [2.75, 3.05) is 31.5 Å². The van der Waals surface area contributed by atoms with E-state index in [0.717, 1.165) is 49.8 Å². The van der Waals surface area contributed by atoms with E-state index < -0.39 is 0 Å². The molecule has 5 heteroatoms. The molecule has 5 nitrogen and oxygen atoms in total. The van der Waals surface area contributed by atoms with Crippen LogP contribution in [0.4, 0.5) is 5.69 Å². The number of rotatable bonds is 4. The predicted octanol–water partition coefficient (Wildman–Crippen LogP) is 3.89. The lowest BCUT2D eigenvalue weighted by Gasteiger charge is -2.38. The maximum Gasteiger partial charge on any atom is 0.256 e. The van der Waals surface area contributed by atoms with Crippen LogP contribution < -0.4 is 5.32 Å². The summed E-state index contributed by atoms with van der Waals surface area (Å²) >= 11 is 0. The van der Waals surface area contributed by atoms with Gasteiger partial charge in [-0.25, -0.2) is 0 Å². The van der Waals surface area contributed by atoms with Crippen LogP contribution in [0.15, 0.2) is 36.4 Å². The highest BCUT2D eigenvalue weighted by Gasteiger charge is 2.32. The van der Waals surface area contributed by atoms with Gasteiger partial charge in [0, 0.05) is 38.1 Å². The van der Waals surface area contributed by atoms with Crippen LogP contribution in [-0.4, -0.2) is 53.8 Å². The number of nitrogens with one attached hydrogen (secondary N) is 1. The van der Waals surface area contributed by atoms with E-state index in [1.807, 2.05) is 41.3 Å². The quantitative estimate of drug-likeness (QED) is 0.860. The maximum absolute atomic E-state index is 13.4. The summed E-state index contributed by atoms with van der Waals surface area (Å²) in [7, 11) is 0. The van der Waals surface area contributed by atoms with E-state index >= 15 is 0 Å². The third kappa shape index (κ3) is 3.88. The van der Waals surface area contributed by atoms with Crippen molar-refractivity contribution in [2.24, 2.45) is 5.92 Å². The average molecular weight is 392 g/mol. The summed E-state index contributed by atoms with van der Waals surface area (Å²) in [4.78, 5) is 30.3. The van der Waals surface area contributed by atoms with Gasteiger partial charge < -0.3 is 10.2 Å². The van der Waals surface area contributed by atoms with Crippen LogP contribution >= 0.6 is 0 Å². The van der Waals surface area contributed by atoms with Crippen molar-refractivity contribution < 1.29 is 9.59 Å². The Labute approximate surface area is 172 Å². The van der Waals surface area contributed by atoms with Crippen molar-refractivity contribution in [1.29, 1.82) is 0 Å². The molecule has 2 saturated carbocycles. The summed E-state index contributed by atoms with van der Waals surface area (Å²) in [5.74, 6) is 0.188. The Kier molecular flexibility index (Phi) is 5.00. The van der Waals surface area contributed by atoms with Crippen LogP contribution in [-0.2, 0) is 4.79 Å². The molecule has 0 spiro atoms. The van der Waals surface area contributed by atoms with Gasteiger partial charge in [-0.1, -0.05) is 37.1 Å². The topological polar surface area (TPSA) is 52.7 Å². The molecule has 0 aromatic heterocycles. The molecule has 1 N–H and O–H groups in total. The van der Waals surface area contributed by atoms with Crippen LogP contribution in [0, 0.1) is 5.92 Å². The van der Waals surface area contributed by atoms with Gasteiger partial charge in [0.2, 0.25) is 5.91 Å². The lowest BCUT2D eigenvalue weighted by Crippen LogP contribution is -2.51. The number of carbonyl (C=O) groups excluding carboxylic acids is 2. The van der Waals surface area contributed by atoms with E-state index in [0.29, 0.717) is 17.3 Å². The first-order valence-corrected chi connectivity index (χ1v) is 11.1. The van der Waals surface area contributed by atoms with E-state index in [2.05, 4.69) is 10.2 Å². The van der Waals surface area contributed by atoms with Gasteiger partial charge in [-0.05, 0) is 48.6 Å². The Balaban J connectivity index is 1.37. The van der Waals surface area contributed by atoms with Crippen LogP contribution in [0.5, 0.6) is 0 Å². The molecule has 3 aliphatic rings. The highest BCUT2D eigenvalue weighted by Crippen LogP contribution is 2.32. The molecule has 152 valence electrons. The maximum atomic E-state index is 13.4. The molecule has 0 radical (unpaired) electrons. The summed E-state index contributed by atoms with van der Waals surface area (Å²) < 4.78 is 0. The standard InChI is InChI=1S/C24H29N3O2/c28-23(17-9-10-17)25-22-16-19-6-2-1-5-18(19)15-21(22)24(29)27-13-11-26(12-14-27)20-7-3-4-8-20/h1-2,5-6,15-17,20H,3-4,7-14H2,(H,25,28). The molecular formula is C24H29N3O2. The molecule has 5 rings (SSSR count). The van der Waals surface area contributed by atoms with E-state index in [1.165, 1.54) is 25.7 Å². The first kappa shape index (κ1) is 18.6. The molecule has 1 aliphatic heterocycles. The summed E-state index contributed by atoms with van der Waals surface area (Å²) in [6.45, 7) is 3.43. The van der Waals surface area contributed by atoms with Gasteiger partial charge in [0.15, 0.2) is 0 Å². The van der Waals surface area contributed by atoms with Crippen LogP contribution in [0.2, 0.25) is 0 Å². The molecular weight excluding hydrogens is 362 g/mol. The molecule has 0 unspecified atom stereocenters. The summed E-state index contributed by atoms with van der Waals surface area (Å²) in [5, 5.41) is 5.12. The molecule has 3 fully saturated rings. The van der Waals surface area contributed by atoms with Crippen LogP contribution in [0.25, 0.3) is 10.8 Å². The normalized spacial score (nSPS) is 20.9. The predicted molar refractivity (Wildman–Crippen MR) is 115 cm³/mol. The first-order chi connectivity index (χ1) is 14.2. The molecule has 2 aromatic rings. The molecule has 1 saturated heterocycles. The number of carbonyl (C=O) groups is 2. The summed E-state index contributed by atoms with van der Waals surface area (Å²) in [5.41, 5.74) is 1.27. The van der Waals surface area contributed by atoms with Gasteiger partial charge in [-0.3, -0.25) is 14.5 Å². The average Bonchev–Trinajstić information content (AvgIpc) is 3.47. The number of hydrogen-bond donors (Lipinski definition) is 1. The first-order valence-electron chi connectivity index (χ1n) is 11.1. The van der Waals surface area contributed by atoms with Gasteiger partial charge in [0.05, 0.1) is 11.3 Å². The Hall–Kier alpha value is -2.40. The lowest BCUT2D eigenvalue weighted by atomic mass is 10.0. The number of anilines is 1. The van der Waals surface area contributed by atoms with E-state index in [9.17, 15) is 9.59 Å². The number of fused-ring (bicyclic) bond motifs is 1. The highest BCUT2D eigenvalue weighted by atomic mass is 16.2. The summed E-state index contributed by atoms with van der Waals surface area (Å²) in [6.07, 6.45) is 7.18. The Bertz CT molecular complexity index is 923. The third-order valence-electron chi connectivity index (χ3n) is 6.76. The zero-order valence-corrected chi connectivity index (χ0v) is 16.9. The zero-order chi connectivity index (χ0) is 19.8. The van der Waals surface area contributed by atoms with Crippen molar-refractivity contribution in [1.82, 2.24) is 9.80 Å². The number of benzene rings is 2. The fraction of sp³-hybridized carbons (Fsp3) is 0.500. The van der Waals surface area contributed by atoms with Crippen molar-refractivity contribution >= 4 is 28.3 Å². The fourth-order valence-corrected chi connectivity index (χ4v) is 4.83. The number of hydrogen-bond acceptors (Lipinski definition) is 3. The second kappa shape index (κ2) is 7.79. The lowest BCUT2D eigenvalue weighted by molar-refractivity contribution is -0.117. The zero-order valence-electron chi connectivity index (χ0n) is 16.9. The molecule has 0 bridgehead atoms. The third-order valence-corrected chi connectivity index (χ3v) is 6.76. The van der Waals surface area contributed by atoms with E-state index in [1.54, 1.807) is 0 Å². The van der Waals surface area contributed by atoms with Crippen LogP contribution in [0.1, 0.15) is 48.9 Å². The monoisotopic (exact) mass is 391 g/mol. The molecule has 0 atom stereocenters. The van der Waals surface area contributed by atoms with Crippen molar-refractivity contribution in [3.8, 4) is 0 Å². The smallest absolute Gasteiger partial charge is 0.256 e. The molecule has 2 amide bonds. The molecule has 29 heavy (non-hydrogen) atoms. The van der Waals surface area contributed by atoms with Gasteiger partial charge in [0.1, 0.15) is 0 Å². The van der Waals surface area contributed by atoms with Crippen molar-refractivity contribution in [2.45, 2.75) is 44.6 Å². The largest absolute Gasteiger partial charge is 0.336 e. The minimum Gasteiger partial charge on any atom is -0.336 e. The SMILES string of the molecule is O=C(Nc1cc2ccccc2cc1C(=O)N1CCN(C2CCCC2)CC1)C1CC1. The number of nitrogens with zero attached hydrogens (tertiary/aromatic N) is 2. The van der Waals surface area contributed by atoms with E-state index in [-0.39, 0.29) is 17.7 Å². The summed E-state index contributed by atoms with van der Waals surface area (Å²) in [6, 6.07) is 12.6. The number of amides is 2. The fourth-order valence-electron chi connectivity index (χ4n) is 4.83. The van der Waals surface area contributed by atoms with Gasteiger partial charge >= 0.3 is 0 Å². The van der Waals surface area contributed by atoms with Gasteiger partial charge in [0.25, 0.3) is 5.91 Å². The van der Waals surface area contributed by atoms with Gasteiger partial charge in [-0.15, -0.1) is 0 Å². The minimum absolute atomic E-state index is 0.0351. The van der Waals surface area contributed by atoms with E-state index in [4.69, 9.17) is 0 Å². The molecule has 2 aromatic carbocycles. The molecule has 2 aliphatic carbocycles. The second-order valence-corrected chi connectivity index (χ2v) is 8.77. The van der Waals surface area contributed by atoms with Crippen molar-refractivity contribution in [3.05, 3.63) is 42.0 Å². The highest BCUT2D eigenvalue weighted by molar-refractivity contribution is 6.08. The Morgan fingerprint density at radius 2 is 1.52 bits per heavy atom. The Morgan fingerprint density at radius 1 is 0.862 bits per heavy atom.